The number of carboxylic acid groups (broad SMARTS) is 2. The smallest absolute Gasteiger partial charge is 0.341 e. The van der Waals surface area contributed by atoms with Gasteiger partial charge in [-0.2, -0.15) is 0 Å². The van der Waals surface area contributed by atoms with Crippen LogP contribution in [0.25, 0.3) is 0 Å². The minimum atomic E-state index is -1.70. The van der Waals surface area contributed by atoms with Gasteiger partial charge in [0.25, 0.3) is 0 Å². The Kier molecular flexibility index (Phi) is 3.69. The van der Waals surface area contributed by atoms with Gasteiger partial charge in [0, 0.05) is 0 Å². The van der Waals surface area contributed by atoms with E-state index in [9.17, 15) is 18.4 Å². The number of carboxylic acids is 2. The number of hydrogen-bond donors (Lipinski definition) is 2. The quantitative estimate of drug-likeness (QED) is 0.869. The van der Waals surface area contributed by atoms with Crippen LogP contribution < -0.4 is 0 Å². The summed E-state index contributed by atoms with van der Waals surface area (Å²) in [5.74, 6) is -5.22. The first-order chi connectivity index (χ1) is 8.15. The molecule has 0 atom stereocenters. The molecule has 18 heavy (non-hydrogen) atoms. The highest BCUT2D eigenvalue weighted by Crippen LogP contribution is 2.24. The Morgan fingerprint density at radius 3 is 1.94 bits per heavy atom. The van der Waals surface area contributed by atoms with Crippen molar-refractivity contribution >= 4 is 11.9 Å². The highest BCUT2D eigenvalue weighted by Gasteiger charge is 2.28. The van der Waals surface area contributed by atoms with Gasteiger partial charge in [-0.05, 0) is 38.0 Å². The zero-order valence-electron chi connectivity index (χ0n) is 9.83. The molecule has 0 aliphatic rings. The largest absolute Gasteiger partial charge is 0.481 e. The number of benzene rings is 1. The minimum Gasteiger partial charge on any atom is -0.481 e. The molecule has 0 spiro atoms. The second kappa shape index (κ2) is 4.72. The Labute approximate surface area is 102 Å². The highest BCUT2D eigenvalue weighted by molar-refractivity contribution is 5.88. The van der Waals surface area contributed by atoms with E-state index in [0.29, 0.717) is 0 Å². The van der Waals surface area contributed by atoms with Crippen molar-refractivity contribution in [2.45, 2.75) is 20.3 Å². The van der Waals surface area contributed by atoms with E-state index in [0.717, 1.165) is 12.1 Å². The van der Waals surface area contributed by atoms with Crippen LogP contribution in [0.1, 0.15) is 29.8 Å². The lowest BCUT2D eigenvalue weighted by atomic mass is 9.85. The van der Waals surface area contributed by atoms with Crippen LogP contribution >= 0.6 is 0 Å². The number of aromatic carboxylic acids is 1. The van der Waals surface area contributed by atoms with E-state index >= 15 is 0 Å². The maximum absolute atomic E-state index is 13.4. The number of aliphatic carboxylic acids is 1. The summed E-state index contributed by atoms with van der Waals surface area (Å²) in [4.78, 5) is 21.5. The molecule has 0 unspecified atom stereocenters. The molecule has 1 aromatic carbocycles. The van der Waals surface area contributed by atoms with Crippen molar-refractivity contribution in [1.82, 2.24) is 0 Å². The van der Waals surface area contributed by atoms with Crippen LogP contribution in [0.15, 0.2) is 12.1 Å². The van der Waals surface area contributed by atoms with Crippen molar-refractivity contribution in [3.05, 3.63) is 34.9 Å². The Morgan fingerprint density at radius 1 is 1.17 bits per heavy atom. The fourth-order valence-corrected chi connectivity index (χ4v) is 1.52. The summed E-state index contributed by atoms with van der Waals surface area (Å²) in [6, 6.07) is 1.69. The van der Waals surface area contributed by atoms with Crippen molar-refractivity contribution in [2.24, 2.45) is 5.41 Å². The van der Waals surface area contributed by atoms with Crippen LogP contribution in [-0.2, 0) is 11.2 Å². The summed E-state index contributed by atoms with van der Waals surface area (Å²) >= 11 is 0. The number of rotatable bonds is 4. The van der Waals surface area contributed by atoms with Gasteiger partial charge in [-0.25, -0.2) is 13.6 Å². The Morgan fingerprint density at radius 2 is 1.61 bits per heavy atom. The molecule has 0 aliphatic heterocycles. The molecule has 1 rings (SSSR count). The van der Waals surface area contributed by atoms with Crippen LogP contribution in [0.4, 0.5) is 8.78 Å². The van der Waals surface area contributed by atoms with Crippen molar-refractivity contribution in [1.29, 1.82) is 0 Å². The van der Waals surface area contributed by atoms with Crippen LogP contribution in [0.5, 0.6) is 0 Å². The SMILES string of the molecule is CC(C)(Cc1cc(F)c(C(=O)O)c(F)c1)C(=O)O. The average molecular weight is 258 g/mol. The molecule has 4 nitrogen and oxygen atoms in total. The van der Waals surface area contributed by atoms with Gasteiger partial charge in [0.1, 0.15) is 17.2 Å². The predicted octanol–water partition coefficient (Wildman–Crippen LogP) is 2.32. The first-order valence-electron chi connectivity index (χ1n) is 5.10. The topological polar surface area (TPSA) is 74.6 Å². The molecule has 1 aromatic rings. The zero-order valence-corrected chi connectivity index (χ0v) is 9.83. The molecule has 2 N–H and O–H groups in total. The fourth-order valence-electron chi connectivity index (χ4n) is 1.52. The van der Waals surface area contributed by atoms with Crippen molar-refractivity contribution in [3.63, 3.8) is 0 Å². The standard InChI is InChI=1S/C12H12F2O4/c1-12(2,11(17)18)5-6-3-7(13)9(10(15)16)8(14)4-6/h3-4H,5H2,1-2H3,(H,15,16)(H,17,18). The normalized spacial score (nSPS) is 11.3. The third kappa shape index (κ3) is 2.82. The second-order valence-corrected chi connectivity index (χ2v) is 4.61. The lowest BCUT2D eigenvalue weighted by Crippen LogP contribution is -2.26. The van der Waals surface area contributed by atoms with Gasteiger partial charge in [-0.15, -0.1) is 0 Å². The molecule has 0 radical (unpaired) electrons. The number of carbonyl (C=O) groups is 2. The summed E-state index contributed by atoms with van der Waals surface area (Å²) in [5.41, 5.74) is -2.13. The van der Waals surface area contributed by atoms with E-state index in [1.165, 1.54) is 13.8 Å². The van der Waals surface area contributed by atoms with E-state index in [1.807, 2.05) is 0 Å². The van der Waals surface area contributed by atoms with Gasteiger partial charge in [-0.3, -0.25) is 4.79 Å². The maximum atomic E-state index is 13.4. The summed E-state index contributed by atoms with van der Waals surface area (Å²) in [5, 5.41) is 17.5. The van der Waals surface area contributed by atoms with Crippen LogP contribution in [0.2, 0.25) is 0 Å². The maximum Gasteiger partial charge on any atom is 0.341 e. The van der Waals surface area contributed by atoms with E-state index in [2.05, 4.69) is 0 Å². The third-order valence-corrected chi connectivity index (χ3v) is 2.54. The van der Waals surface area contributed by atoms with Gasteiger partial charge in [0.2, 0.25) is 0 Å². The molecule has 0 amide bonds. The Bertz CT molecular complexity index is 486. The van der Waals surface area contributed by atoms with E-state index in [1.54, 1.807) is 0 Å². The van der Waals surface area contributed by atoms with E-state index < -0.39 is 34.6 Å². The summed E-state index contributed by atoms with van der Waals surface area (Å²) < 4.78 is 26.7. The van der Waals surface area contributed by atoms with E-state index in [-0.39, 0.29) is 12.0 Å². The van der Waals surface area contributed by atoms with Crippen molar-refractivity contribution in [2.75, 3.05) is 0 Å². The predicted molar refractivity (Wildman–Crippen MR) is 58.4 cm³/mol. The monoisotopic (exact) mass is 258 g/mol. The number of hydrogen-bond acceptors (Lipinski definition) is 2. The highest BCUT2D eigenvalue weighted by atomic mass is 19.1. The molecule has 6 heteroatoms. The summed E-state index contributed by atoms with van der Waals surface area (Å²) in [7, 11) is 0. The second-order valence-electron chi connectivity index (χ2n) is 4.61. The lowest BCUT2D eigenvalue weighted by molar-refractivity contribution is -0.146. The fraction of sp³-hybridized carbons (Fsp3) is 0.333. The molecular formula is C12H12F2O4. The van der Waals surface area contributed by atoms with Crippen molar-refractivity contribution in [3.8, 4) is 0 Å². The summed E-state index contributed by atoms with van der Waals surface area (Å²) in [6.07, 6.45) is -0.101. The van der Waals surface area contributed by atoms with Gasteiger partial charge in [0.05, 0.1) is 5.41 Å². The zero-order chi connectivity index (χ0) is 14.1. The van der Waals surface area contributed by atoms with Crippen molar-refractivity contribution < 1.29 is 28.6 Å². The molecular weight excluding hydrogens is 246 g/mol. The molecule has 0 fully saturated rings. The molecule has 0 aliphatic carbocycles. The van der Waals surface area contributed by atoms with Crippen LogP contribution in [0.3, 0.4) is 0 Å². The lowest BCUT2D eigenvalue weighted by Gasteiger charge is -2.19. The Hall–Kier alpha value is -1.98. The minimum absolute atomic E-state index is 0.0994. The van der Waals surface area contributed by atoms with E-state index in [4.69, 9.17) is 10.2 Å². The molecule has 0 aromatic heterocycles. The van der Waals surface area contributed by atoms with Crippen LogP contribution in [0, 0.1) is 17.0 Å². The van der Waals surface area contributed by atoms with Gasteiger partial charge in [0.15, 0.2) is 0 Å². The van der Waals surface area contributed by atoms with Gasteiger partial charge < -0.3 is 10.2 Å². The third-order valence-electron chi connectivity index (χ3n) is 2.54. The molecule has 0 saturated carbocycles. The molecule has 0 bridgehead atoms. The molecule has 0 saturated heterocycles. The molecule has 0 heterocycles. The Balaban J connectivity index is 3.16. The number of halogens is 2. The first-order valence-corrected chi connectivity index (χ1v) is 5.10. The van der Waals surface area contributed by atoms with Gasteiger partial charge in [-0.1, -0.05) is 0 Å². The van der Waals surface area contributed by atoms with Crippen LogP contribution in [-0.4, -0.2) is 22.2 Å². The first kappa shape index (κ1) is 14.1. The van der Waals surface area contributed by atoms with Gasteiger partial charge >= 0.3 is 11.9 Å². The molecule has 98 valence electrons. The average Bonchev–Trinajstić information content (AvgIpc) is 2.13. The summed E-state index contributed by atoms with van der Waals surface area (Å²) in [6.45, 7) is 2.83.